The number of hydrogen-bond donors (Lipinski definition) is 0. The summed E-state index contributed by atoms with van der Waals surface area (Å²) >= 11 is 1.36. The quantitative estimate of drug-likeness (QED) is 0.189. The fourth-order valence-corrected chi connectivity index (χ4v) is 5.96. The van der Waals surface area contributed by atoms with Gasteiger partial charge in [0.15, 0.2) is 0 Å². The monoisotopic (exact) mass is 657 g/mol. The third-order valence-electron chi connectivity index (χ3n) is 7.68. The van der Waals surface area contributed by atoms with Crippen molar-refractivity contribution in [2.75, 3.05) is 0 Å². The van der Waals surface area contributed by atoms with Gasteiger partial charge < -0.3 is 14.9 Å². The van der Waals surface area contributed by atoms with E-state index in [1.165, 1.54) is 73.4 Å². The van der Waals surface area contributed by atoms with Crippen molar-refractivity contribution in [3.8, 4) is 0 Å². The first-order chi connectivity index (χ1) is 17.7. The molecule has 3 aliphatic rings. The minimum absolute atomic E-state index is 0. The van der Waals surface area contributed by atoms with Crippen LogP contribution in [0.5, 0.6) is 0 Å². The molecule has 40 heavy (non-hydrogen) atoms. The van der Waals surface area contributed by atoms with Crippen molar-refractivity contribution in [2.45, 2.75) is 38.0 Å². The van der Waals surface area contributed by atoms with Crippen LogP contribution >= 0.6 is 24.8 Å². The summed E-state index contributed by atoms with van der Waals surface area (Å²) in [5, 5.41) is 0. The Bertz CT molecular complexity index is 1430. The van der Waals surface area contributed by atoms with Crippen molar-refractivity contribution in [1.82, 2.24) is 0 Å². The molecule has 0 aliphatic heterocycles. The van der Waals surface area contributed by atoms with Crippen LogP contribution in [-0.4, -0.2) is 6.88 Å². The van der Waals surface area contributed by atoms with Crippen LogP contribution in [0, 0.1) is 20.9 Å². The van der Waals surface area contributed by atoms with Gasteiger partial charge in [0.1, 0.15) is 0 Å². The van der Waals surface area contributed by atoms with Gasteiger partial charge >= 0.3 is 30.2 Å². The molecular formula is C36H37Cl2SiZr-3. The molecule has 6 rings (SSSR count). The van der Waals surface area contributed by atoms with Crippen LogP contribution < -0.4 is 0 Å². The van der Waals surface area contributed by atoms with Gasteiger partial charge in [0, 0.05) is 11.3 Å². The van der Waals surface area contributed by atoms with Gasteiger partial charge in [-0.2, -0.15) is 11.6 Å². The fraction of sp³-hybridized carbons (Fsp3) is 0.167. The predicted octanol–water partition coefficient (Wildman–Crippen LogP) is 9.76. The molecule has 0 heterocycles. The second-order valence-corrected chi connectivity index (χ2v) is 9.45. The topological polar surface area (TPSA) is 0 Å². The van der Waals surface area contributed by atoms with Crippen LogP contribution in [0.15, 0.2) is 120 Å². The molecule has 3 aliphatic carbocycles. The molecule has 3 aromatic carbocycles. The Morgan fingerprint density at radius 2 is 1.45 bits per heavy atom. The molecule has 0 nitrogen and oxygen atoms in total. The molecule has 2 atom stereocenters. The minimum atomic E-state index is -0.295. The van der Waals surface area contributed by atoms with Crippen LogP contribution in [0.4, 0.5) is 0 Å². The Labute approximate surface area is 271 Å². The molecular weight excluding hydrogens is 623 g/mol. The maximum atomic E-state index is 3.70. The molecule has 0 saturated carbocycles. The zero-order valence-corrected chi connectivity index (χ0v) is 28.8. The summed E-state index contributed by atoms with van der Waals surface area (Å²) in [5.74, 6) is 0.183. The molecule has 0 spiro atoms. The van der Waals surface area contributed by atoms with E-state index in [2.05, 4.69) is 136 Å². The molecule has 0 saturated heterocycles. The summed E-state index contributed by atoms with van der Waals surface area (Å²) in [5.41, 5.74) is 11.7. The Morgan fingerprint density at radius 1 is 0.800 bits per heavy atom. The van der Waals surface area contributed by atoms with E-state index >= 15 is 0 Å². The average molecular weight is 660 g/mol. The van der Waals surface area contributed by atoms with Gasteiger partial charge in [0.25, 0.3) is 0 Å². The normalized spacial score (nSPS) is 19.2. The Morgan fingerprint density at radius 3 is 2.10 bits per heavy atom. The zero-order valence-electron chi connectivity index (χ0n) is 23.7. The summed E-state index contributed by atoms with van der Waals surface area (Å²) in [4.78, 5) is 0. The molecule has 206 valence electrons. The summed E-state index contributed by atoms with van der Waals surface area (Å²) < 4.78 is 0. The number of fused-ring (bicyclic) bond motifs is 2. The van der Waals surface area contributed by atoms with E-state index in [0.29, 0.717) is 0 Å². The molecule has 0 bridgehead atoms. The number of halogens is 2. The van der Waals surface area contributed by atoms with Crippen molar-refractivity contribution < 1.29 is 23.3 Å². The van der Waals surface area contributed by atoms with Crippen molar-refractivity contribution in [3.05, 3.63) is 169 Å². The van der Waals surface area contributed by atoms with Gasteiger partial charge in [-0.1, -0.05) is 105 Å². The molecule has 2 radical (unpaired) electrons. The van der Waals surface area contributed by atoms with Gasteiger partial charge in [0.2, 0.25) is 0 Å². The number of aryl methyl sites for hydroxylation is 1. The third kappa shape index (κ3) is 6.27. The number of allylic oxidation sites excluding steroid dienone is 9. The van der Waals surface area contributed by atoms with E-state index in [1.54, 1.807) is 0 Å². The van der Waals surface area contributed by atoms with Crippen molar-refractivity contribution >= 4 is 43.3 Å². The fourth-order valence-electron chi connectivity index (χ4n) is 5.96. The van der Waals surface area contributed by atoms with Gasteiger partial charge in [-0.25, -0.2) is 0 Å². The van der Waals surface area contributed by atoms with E-state index in [1.807, 2.05) is 0 Å². The zero-order chi connectivity index (χ0) is 25.1. The molecule has 4 heteroatoms. The number of hydrogen-bond acceptors (Lipinski definition) is 0. The number of benzene rings is 3. The summed E-state index contributed by atoms with van der Waals surface area (Å²) in [6.07, 6.45) is 17.5. The SMILES string of the molecule is CCC1=[C-]C2=CC=CC(c3ccccc3)(C3C(c4ccc(CC)cc4)=Cc4ccccc43)C2=C1.Cl.Cl.[CH3-].[CH3-].[Si]=[Zr]. The maximum absolute atomic E-state index is 3.70. The predicted molar refractivity (Wildman–Crippen MR) is 176 cm³/mol. The molecule has 0 N–H and O–H groups in total. The van der Waals surface area contributed by atoms with Crippen LogP contribution in [0.2, 0.25) is 0 Å². The van der Waals surface area contributed by atoms with E-state index in [4.69, 9.17) is 0 Å². The van der Waals surface area contributed by atoms with Crippen LogP contribution in [0.3, 0.4) is 0 Å². The summed E-state index contributed by atoms with van der Waals surface area (Å²) in [7, 11) is 0. The Kier molecular flexibility index (Phi) is 14.3. The average Bonchev–Trinajstić information content (AvgIpc) is 3.57. The second kappa shape index (κ2) is 15.9. The molecule has 3 aromatic rings. The van der Waals surface area contributed by atoms with Gasteiger partial charge in [-0.05, 0) is 46.2 Å². The van der Waals surface area contributed by atoms with E-state index in [0.717, 1.165) is 12.8 Å². The van der Waals surface area contributed by atoms with Gasteiger partial charge in [-0.15, -0.1) is 54.2 Å². The second-order valence-electron chi connectivity index (χ2n) is 9.45. The first-order valence-electron chi connectivity index (χ1n) is 12.7. The summed E-state index contributed by atoms with van der Waals surface area (Å²) in [6, 6.07) is 29.2. The first kappa shape index (κ1) is 36.1. The van der Waals surface area contributed by atoms with E-state index in [-0.39, 0.29) is 51.0 Å². The summed E-state index contributed by atoms with van der Waals surface area (Å²) in [6.45, 7) is 7.50. The first-order valence-corrected chi connectivity index (χ1v) is 16.9. The Hall–Kier alpha value is -1.96. The standard InChI is InChI=1S/C34H29.2CH3.2ClH.Si.Zr/c1-3-24-16-18-26(19-17-24)31-23-27-11-8-9-15-30(27)33(31)34(29-13-6-5-7-14-29)20-10-12-28-21-25(4-2)22-32(28)34;;;;;;/h5-20,22-23,33H,3-4H2,1-2H3;2*1H3;2*1H;;/q3*-1;;;;. The van der Waals surface area contributed by atoms with Crippen molar-refractivity contribution in [3.63, 3.8) is 0 Å². The molecule has 0 aromatic heterocycles. The molecule has 0 fully saturated rings. The Balaban J connectivity index is 0.00000131. The molecule has 2 unspecified atom stereocenters. The van der Waals surface area contributed by atoms with Crippen molar-refractivity contribution in [1.29, 1.82) is 0 Å². The van der Waals surface area contributed by atoms with Crippen molar-refractivity contribution in [2.24, 2.45) is 0 Å². The van der Waals surface area contributed by atoms with Crippen LogP contribution in [0.25, 0.3) is 11.6 Å². The van der Waals surface area contributed by atoms with E-state index in [9.17, 15) is 0 Å². The van der Waals surface area contributed by atoms with Crippen LogP contribution in [0.1, 0.15) is 54.0 Å². The molecule has 0 amide bonds. The number of rotatable bonds is 5. The van der Waals surface area contributed by atoms with Crippen LogP contribution in [-0.2, 0) is 35.2 Å². The van der Waals surface area contributed by atoms with E-state index < -0.39 is 0 Å². The van der Waals surface area contributed by atoms with Gasteiger partial charge in [-0.3, -0.25) is 0 Å². The van der Waals surface area contributed by atoms with Gasteiger partial charge in [0.05, 0.1) is 0 Å². The third-order valence-corrected chi connectivity index (χ3v) is 7.68.